The highest BCUT2D eigenvalue weighted by molar-refractivity contribution is 6.01. The SMILES string of the molecule is Cc1c2ccccc2c(C)c2nonc12. The predicted molar refractivity (Wildman–Crippen MR) is 58.8 cm³/mol. The lowest BCUT2D eigenvalue weighted by Gasteiger charge is -2.04. The molecule has 0 spiro atoms. The first kappa shape index (κ1) is 8.41. The van der Waals surface area contributed by atoms with Crippen LogP contribution in [0.25, 0.3) is 21.8 Å². The fraction of sp³-hybridized carbons (Fsp3) is 0.167. The Hall–Kier alpha value is -1.90. The summed E-state index contributed by atoms with van der Waals surface area (Å²) >= 11 is 0. The van der Waals surface area contributed by atoms with E-state index in [-0.39, 0.29) is 0 Å². The molecule has 74 valence electrons. The van der Waals surface area contributed by atoms with Gasteiger partial charge in [-0.25, -0.2) is 4.63 Å². The maximum atomic E-state index is 4.80. The summed E-state index contributed by atoms with van der Waals surface area (Å²) in [6.45, 7) is 4.10. The fourth-order valence-electron chi connectivity index (χ4n) is 2.07. The van der Waals surface area contributed by atoms with Gasteiger partial charge in [0.2, 0.25) is 0 Å². The Kier molecular flexibility index (Phi) is 1.57. The third kappa shape index (κ3) is 1.00. The van der Waals surface area contributed by atoms with Crippen LogP contribution in [0.1, 0.15) is 11.1 Å². The topological polar surface area (TPSA) is 38.9 Å². The van der Waals surface area contributed by atoms with Gasteiger partial charge in [0.15, 0.2) is 0 Å². The number of fused-ring (bicyclic) bond motifs is 2. The van der Waals surface area contributed by atoms with E-state index in [1.807, 2.05) is 26.0 Å². The van der Waals surface area contributed by atoms with E-state index in [1.54, 1.807) is 0 Å². The number of nitrogens with zero attached hydrogens (tertiary/aromatic N) is 2. The van der Waals surface area contributed by atoms with Gasteiger partial charge >= 0.3 is 0 Å². The molecular weight excluding hydrogens is 188 g/mol. The molecule has 0 fully saturated rings. The molecule has 15 heavy (non-hydrogen) atoms. The highest BCUT2D eigenvalue weighted by Gasteiger charge is 2.11. The monoisotopic (exact) mass is 198 g/mol. The minimum atomic E-state index is 0.867. The summed E-state index contributed by atoms with van der Waals surface area (Å²) in [6, 6.07) is 8.28. The molecular formula is C12H10N2O. The molecule has 1 heterocycles. The third-order valence-electron chi connectivity index (χ3n) is 2.93. The Morgan fingerprint density at radius 3 is 1.80 bits per heavy atom. The highest BCUT2D eigenvalue weighted by atomic mass is 16.6. The molecule has 3 nitrogen and oxygen atoms in total. The molecule has 0 amide bonds. The van der Waals surface area contributed by atoms with Gasteiger partial charge in [0.1, 0.15) is 11.0 Å². The van der Waals surface area contributed by atoms with Crippen LogP contribution in [-0.4, -0.2) is 10.3 Å². The van der Waals surface area contributed by atoms with Gasteiger partial charge < -0.3 is 0 Å². The molecule has 0 bridgehead atoms. The van der Waals surface area contributed by atoms with Gasteiger partial charge in [-0.1, -0.05) is 24.3 Å². The van der Waals surface area contributed by atoms with E-state index in [0.29, 0.717) is 0 Å². The molecule has 0 atom stereocenters. The number of hydrogen-bond acceptors (Lipinski definition) is 3. The van der Waals surface area contributed by atoms with Crippen molar-refractivity contribution in [2.24, 2.45) is 0 Å². The summed E-state index contributed by atoms with van der Waals surface area (Å²) < 4.78 is 4.80. The van der Waals surface area contributed by atoms with Gasteiger partial charge in [-0.05, 0) is 46.1 Å². The molecule has 0 aliphatic carbocycles. The van der Waals surface area contributed by atoms with Gasteiger partial charge in [0.05, 0.1) is 0 Å². The van der Waals surface area contributed by atoms with Crippen LogP contribution in [-0.2, 0) is 0 Å². The molecule has 2 aromatic carbocycles. The molecule has 3 rings (SSSR count). The van der Waals surface area contributed by atoms with Crippen LogP contribution >= 0.6 is 0 Å². The summed E-state index contributed by atoms with van der Waals surface area (Å²) in [7, 11) is 0. The second-order valence-corrected chi connectivity index (χ2v) is 3.76. The molecule has 1 aromatic heterocycles. The summed E-state index contributed by atoms with van der Waals surface area (Å²) in [5.41, 5.74) is 4.00. The van der Waals surface area contributed by atoms with Gasteiger partial charge in [0.25, 0.3) is 0 Å². The lowest BCUT2D eigenvalue weighted by Crippen LogP contribution is -1.86. The summed E-state index contributed by atoms with van der Waals surface area (Å²) in [6.07, 6.45) is 0. The van der Waals surface area contributed by atoms with Crippen LogP contribution in [0.15, 0.2) is 28.9 Å². The van der Waals surface area contributed by atoms with E-state index < -0.39 is 0 Å². The van der Waals surface area contributed by atoms with Crippen LogP contribution in [0.3, 0.4) is 0 Å². The van der Waals surface area contributed by atoms with E-state index in [1.165, 1.54) is 10.8 Å². The molecule has 0 saturated carbocycles. The number of aromatic nitrogens is 2. The van der Waals surface area contributed by atoms with E-state index >= 15 is 0 Å². The Morgan fingerprint density at radius 1 is 0.867 bits per heavy atom. The minimum Gasteiger partial charge on any atom is -0.243 e. The predicted octanol–water partition coefficient (Wildman–Crippen LogP) is 2.99. The van der Waals surface area contributed by atoms with E-state index in [4.69, 9.17) is 4.63 Å². The molecule has 0 saturated heterocycles. The van der Waals surface area contributed by atoms with Gasteiger partial charge in [0, 0.05) is 0 Å². The second-order valence-electron chi connectivity index (χ2n) is 3.76. The zero-order valence-electron chi connectivity index (χ0n) is 8.61. The quantitative estimate of drug-likeness (QED) is 0.557. The summed E-state index contributed by atoms with van der Waals surface area (Å²) in [4.78, 5) is 0. The molecule has 0 unspecified atom stereocenters. The molecule has 3 aromatic rings. The molecule has 0 N–H and O–H groups in total. The lowest BCUT2D eigenvalue weighted by molar-refractivity contribution is 0.315. The maximum Gasteiger partial charge on any atom is 0.139 e. The summed E-state index contributed by atoms with van der Waals surface area (Å²) in [5.74, 6) is 0. The summed E-state index contributed by atoms with van der Waals surface area (Å²) in [5, 5.41) is 10.3. The standard InChI is InChI=1S/C12H10N2O/c1-7-9-5-3-4-6-10(9)8(2)12-11(7)13-15-14-12/h3-6H,1-2H3. The van der Waals surface area contributed by atoms with E-state index in [2.05, 4.69) is 22.4 Å². The molecule has 3 heteroatoms. The van der Waals surface area contributed by atoms with Crippen LogP contribution in [0.2, 0.25) is 0 Å². The van der Waals surface area contributed by atoms with Crippen LogP contribution in [0.4, 0.5) is 0 Å². The number of benzene rings is 2. The Labute approximate surface area is 86.7 Å². The van der Waals surface area contributed by atoms with Crippen LogP contribution < -0.4 is 0 Å². The van der Waals surface area contributed by atoms with Crippen molar-refractivity contribution in [3.8, 4) is 0 Å². The maximum absolute atomic E-state index is 4.80. The van der Waals surface area contributed by atoms with E-state index in [9.17, 15) is 0 Å². The lowest BCUT2D eigenvalue weighted by atomic mass is 9.99. The Balaban J connectivity index is 2.69. The van der Waals surface area contributed by atoms with Crippen molar-refractivity contribution in [1.29, 1.82) is 0 Å². The van der Waals surface area contributed by atoms with Crippen molar-refractivity contribution < 1.29 is 4.63 Å². The molecule has 0 aliphatic rings. The number of hydrogen-bond donors (Lipinski definition) is 0. The second kappa shape index (κ2) is 2.79. The molecule has 0 aliphatic heterocycles. The third-order valence-corrected chi connectivity index (χ3v) is 2.93. The Morgan fingerprint density at radius 2 is 1.33 bits per heavy atom. The van der Waals surface area contributed by atoms with Crippen molar-refractivity contribution in [2.45, 2.75) is 13.8 Å². The number of rotatable bonds is 0. The highest BCUT2D eigenvalue weighted by Crippen LogP contribution is 2.29. The van der Waals surface area contributed by atoms with Gasteiger partial charge in [-0.3, -0.25) is 0 Å². The van der Waals surface area contributed by atoms with Crippen LogP contribution in [0.5, 0.6) is 0 Å². The van der Waals surface area contributed by atoms with E-state index in [0.717, 1.165) is 22.2 Å². The smallest absolute Gasteiger partial charge is 0.139 e. The first-order valence-electron chi connectivity index (χ1n) is 4.89. The van der Waals surface area contributed by atoms with Crippen molar-refractivity contribution in [2.75, 3.05) is 0 Å². The average Bonchev–Trinajstić information content (AvgIpc) is 2.75. The van der Waals surface area contributed by atoms with Crippen LogP contribution in [0, 0.1) is 13.8 Å². The Bertz CT molecular complexity index is 600. The normalized spacial score (nSPS) is 11.3. The fourth-order valence-corrected chi connectivity index (χ4v) is 2.07. The van der Waals surface area contributed by atoms with Gasteiger partial charge in [-0.15, -0.1) is 0 Å². The van der Waals surface area contributed by atoms with Crippen molar-refractivity contribution in [3.05, 3.63) is 35.4 Å². The largest absolute Gasteiger partial charge is 0.243 e. The zero-order valence-corrected chi connectivity index (χ0v) is 8.61. The molecule has 0 radical (unpaired) electrons. The van der Waals surface area contributed by atoms with Crippen molar-refractivity contribution in [1.82, 2.24) is 10.3 Å². The average molecular weight is 198 g/mol. The number of aryl methyl sites for hydroxylation is 2. The minimum absolute atomic E-state index is 0.867. The zero-order chi connectivity index (χ0) is 10.4. The first-order chi connectivity index (χ1) is 7.29. The first-order valence-corrected chi connectivity index (χ1v) is 4.89. The van der Waals surface area contributed by atoms with Crippen molar-refractivity contribution >= 4 is 21.8 Å². The van der Waals surface area contributed by atoms with Gasteiger partial charge in [-0.2, -0.15) is 0 Å². The van der Waals surface area contributed by atoms with Crippen molar-refractivity contribution in [3.63, 3.8) is 0 Å².